The standard InChI is InChI=1S/C22H29N5O/c1-23-22(24-13-12-19-8-4-2-5-9-19)25-18-21(28)27-16-14-26(15-17-27)20-10-6-3-7-11-20/h2-11H,12-18H2,1H3,(H2,23,24,25). The van der Waals surface area contributed by atoms with Crippen LogP contribution >= 0.6 is 0 Å². The van der Waals surface area contributed by atoms with E-state index in [0.29, 0.717) is 5.96 Å². The Hall–Kier alpha value is -3.02. The van der Waals surface area contributed by atoms with Gasteiger partial charge in [0.1, 0.15) is 0 Å². The lowest BCUT2D eigenvalue weighted by molar-refractivity contribution is -0.130. The molecule has 1 amide bonds. The highest BCUT2D eigenvalue weighted by molar-refractivity contribution is 5.86. The Morgan fingerprint density at radius 1 is 0.929 bits per heavy atom. The number of carbonyl (C=O) groups is 1. The lowest BCUT2D eigenvalue weighted by Crippen LogP contribution is -2.52. The van der Waals surface area contributed by atoms with Crippen LogP contribution in [0.1, 0.15) is 5.56 Å². The molecule has 148 valence electrons. The van der Waals surface area contributed by atoms with Crippen molar-refractivity contribution in [1.29, 1.82) is 0 Å². The largest absolute Gasteiger partial charge is 0.368 e. The topological polar surface area (TPSA) is 60.0 Å². The molecule has 0 bridgehead atoms. The molecular formula is C22H29N5O. The molecule has 2 aromatic carbocycles. The van der Waals surface area contributed by atoms with E-state index in [4.69, 9.17) is 0 Å². The number of benzene rings is 2. The van der Waals surface area contributed by atoms with E-state index in [9.17, 15) is 4.79 Å². The van der Waals surface area contributed by atoms with Crippen molar-refractivity contribution in [1.82, 2.24) is 15.5 Å². The summed E-state index contributed by atoms with van der Waals surface area (Å²) in [4.78, 5) is 21.0. The van der Waals surface area contributed by atoms with Gasteiger partial charge < -0.3 is 20.4 Å². The third-order valence-electron chi connectivity index (χ3n) is 4.93. The van der Waals surface area contributed by atoms with E-state index < -0.39 is 0 Å². The van der Waals surface area contributed by atoms with Crippen molar-refractivity contribution in [3.63, 3.8) is 0 Å². The number of para-hydroxylation sites is 1. The predicted molar refractivity (Wildman–Crippen MR) is 115 cm³/mol. The van der Waals surface area contributed by atoms with Crippen molar-refractivity contribution in [3.05, 3.63) is 66.2 Å². The SMILES string of the molecule is CN=C(NCCc1ccccc1)NCC(=O)N1CCN(c2ccccc2)CC1. The molecular weight excluding hydrogens is 350 g/mol. The first kappa shape index (κ1) is 19.7. The molecule has 0 spiro atoms. The fourth-order valence-corrected chi connectivity index (χ4v) is 3.31. The van der Waals surface area contributed by atoms with Crippen LogP contribution in [0, 0.1) is 0 Å². The highest BCUT2D eigenvalue weighted by atomic mass is 16.2. The second-order valence-electron chi connectivity index (χ2n) is 6.79. The molecule has 0 atom stereocenters. The van der Waals surface area contributed by atoms with E-state index >= 15 is 0 Å². The van der Waals surface area contributed by atoms with Gasteiger partial charge >= 0.3 is 0 Å². The van der Waals surface area contributed by atoms with Gasteiger partial charge in [-0.3, -0.25) is 9.79 Å². The molecule has 0 aliphatic carbocycles. The first-order valence-corrected chi connectivity index (χ1v) is 9.82. The number of guanidine groups is 1. The molecule has 1 aliphatic heterocycles. The zero-order valence-corrected chi connectivity index (χ0v) is 16.5. The van der Waals surface area contributed by atoms with Crippen molar-refractivity contribution >= 4 is 17.6 Å². The Morgan fingerprint density at radius 2 is 1.57 bits per heavy atom. The van der Waals surface area contributed by atoms with Gasteiger partial charge in [0.15, 0.2) is 5.96 Å². The van der Waals surface area contributed by atoms with Crippen molar-refractivity contribution in [2.45, 2.75) is 6.42 Å². The van der Waals surface area contributed by atoms with Crippen LogP contribution in [0.4, 0.5) is 5.69 Å². The molecule has 6 nitrogen and oxygen atoms in total. The fourth-order valence-electron chi connectivity index (χ4n) is 3.31. The van der Waals surface area contributed by atoms with Crippen LogP contribution in [0.3, 0.4) is 0 Å². The Balaban J connectivity index is 1.37. The summed E-state index contributed by atoms with van der Waals surface area (Å²) < 4.78 is 0. The fraction of sp³-hybridized carbons (Fsp3) is 0.364. The van der Waals surface area contributed by atoms with E-state index in [1.54, 1.807) is 7.05 Å². The second kappa shape index (κ2) is 10.3. The molecule has 3 rings (SSSR count). The van der Waals surface area contributed by atoms with E-state index in [-0.39, 0.29) is 12.5 Å². The number of amides is 1. The van der Waals surface area contributed by atoms with Gasteiger partial charge in [0.25, 0.3) is 0 Å². The van der Waals surface area contributed by atoms with Crippen LogP contribution in [-0.2, 0) is 11.2 Å². The summed E-state index contributed by atoms with van der Waals surface area (Å²) in [6.07, 6.45) is 0.914. The van der Waals surface area contributed by atoms with Crippen LogP contribution in [-0.4, -0.2) is 63.1 Å². The van der Waals surface area contributed by atoms with Crippen LogP contribution in [0.5, 0.6) is 0 Å². The molecule has 1 fully saturated rings. The maximum absolute atomic E-state index is 12.5. The van der Waals surface area contributed by atoms with E-state index in [0.717, 1.165) is 39.1 Å². The van der Waals surface area contributed by atoms with Gasteiger partial charge in [0, 0.05) is 45.5 Å². The summed E-state index contributed by atoms with van der Waals surface area (Å²) in [6.45, 7) is 4.24. The van der Waals surface area contributed by atoms with Gasteiger partial charge in [0.2, 0.25) is 5.91 Å². The third-order valence-corrected chi connectivity index (χ3v) is 4.93. The summed E-state index contributed by atoms with van der Waals surface area (Å²) in [7, 11) is 1.72. The number of hydrogen-bond donors (Lipinski definition) is 2. The number of nitrogens with one attached hydrogen (secondary N) is 2. The van der Waals surface area contributed by atoms with Crippen LogP contribution in [0.2, 0.25) is 0 Å². The molecule has 28 heavy (non-hydrogen) atoms. The predicted octanol–water partition coefficient (Wildman–Crippen LogP) is 1.74. The summed E-state index contributed by atoms with van der Waals surface area (Å²) >= 11 is 0. The van der Waals surface area contributed by atoms with Crippen LogP contribution in [0.25, 0.3) is 0 Å². The summed E-state index contributed by atoms with van der Waals surface area (Å²) in [5.41, 5.74) is 2.49. The minimum absolute atomic E-state index is 0.110. The van der Waals surface area contributed by atoms with E-state index in [1.165, 1.54) is 11.3 Å². The number of piperazine rings is 1. The first-order valence-electron chi connectivity index (χ1n) is 9.82. The molecule has 6 heteroatoms. The lowest BCUT2D eigenvalue weighted by Gasteiger charge is -2.36. The van der Waals surface area contributed by atoms with Crippen molar-refractivity contribution in [2.75, 3.05) is 51.2 Å². The molecule has 1 heterocycles. The summed E-state index contributed by atoms with van der Waals surface area (Å²) in [5, 5.41) is 6.39. The molecule has 0 saturated carbocycles. The quantitative estimate of drug-likeness (QED) is 0.593. The maximum atomic E-state index is 12.5. The van der Waals surface area contributed by atoms with Crippen molar-refractivity contribution in [3.8, 4) is 0 Å². The van der Waals surface area contributed by atoms with Gasteiger partial charge in [-0.05, 0) is 24.1 Å². The normalized spacial score (nSPS) is 14.7. The summed E-state index contributed by atoms with van der Waals surface area (Å²) in [5.74, 6) is 0.769. The van der Waals surface area contributed by atoms with Gasteiger partial charge in [-0.25, -0.2) is 0 Å². The molecule has 0 radical (unpaired) electrons. The Morgan fingerprint density at radius 3 is 2.21 bits per heavy atom. The Labute approximate surface area is 167 Å². The number of aliphatic imine (C=N–C) groups is 1. The number of rotatable bonds is 6. The third kappa shape index (κ3) is 5.74. The Bertz CT molecular complexity index is 755. The molecule has 2 aromatic rings. The van der Waals surface area contributed by atoms with Crippen LogP contribution in [0.15, 0.2) is 65.7 Å². The molecule has 1 aliphatic rings. The zero-order chi connectivity index (χ0) is 19.6. The zero-order valence-electron chi connectivity index (χ0n) is 16.5. The average Bonchev–Trinajstić information content (AvgIpc) is 2.77. The molecule has 1 saturated heterocycles. The van der Waals surface area contributed by atoms with Gasteiger partial charge in [0.05, 0.1) is 6.54 Å². The maximum Gasteiger partial charge on any atom is 0.242 e. The average molecular weight is 380 g/mol. The van der Waals surface area contributed by atoms with Gasteiger partial charge in [-0.2, -0.15) is 0 Å². The van der Waals surface area contributed by atoms with Gasteiger partial charge in [-0.1, -0.05) is 48.5 Å². The van der Waals surface area contributed by atoms with E-state index in [2.05, 4.69) is 44.8 Å². The Kier molecular flexibility index (Phi) is 7.29. The molecule has 0 aromatic heterocycles. The summed E-state index contributed by atoms with van der Waals surface area (Å²) in [6, 6.07) is 20.7. The lowest BCUT2D eigenvalue weighted by atomic mass is 10.1. The van der Waals surface area contributed by atoms with Crippen molar-refractivity contribution < 1.29 is 4.79 Å². The second-order valence-corrected chi connectivity index (χ2v) is 6.79. The van der Waals surface area contributed by atoms with Crippen molar-refractivity contribution in [2.24, 2.45) is 4.99 Å². The number of hydrogen-bond acceptors (Lipinski definition) is 3. The number of anilines is 1. The highest BCUT2D eigenvalue weighted by Gasteiger charge is 2.21. The van der Waals surface area contributed by atoms with Crippen LogP contribution < -0.4 is 15.5 Å². The minimum Gasteiger partial charge on any atom is -0.368 e. The van der Waals surface area contributed by atoms with Gasteiger partial charge in [-0.15, -0.1) is 0 Å². The monoisotopic (exact) mass is 379 g/mol. The minimum atomic E-state index is 0.110. The molecule has 0 unspecified atom stereocenters. The number of nitrogens with zero attached hydrogens (tertiary/aromatic N) is 3. The smallest absolute Gasteiger partial charge is 0.242 e. The number of carbonyl (C=O) groups excluding carboxylic acids is 1. The first-order chi connectivity index (χ1) is 13.8. The highest BCUT2D eigenvalue weighted by Crippen LogP contribution is 2.15. The molecule has 2 N–H and O–H groups in total. The van der Waals surface area contributed by atoms with E-state index in [1.807, 2.05) is 41.3 Å².